The van der Waals surface area contributed by atoms with Crippen LogP contribution < -0.4 is 15.1 Å². The summed E-state index contributed by atoms with van der Waals surface area (Å²) in [5, 5.41) is 2.82. The largest absolute Gasteiger partial charge is 0.324 e. The minimum atomic E-state index is -0.255. The number of amides is 2. The number of rotatable bonds is 5. The first-order valence-electron chi connectivity index (χ1n) is 8.65. The number of nitrogens with zero attached hydrogens (tertiary/aromatic N) is 1. The van der Waals surface area contributed by atoms with E-state index in [0.29, 0.717) is 5.69 Å². The van der Waals surface area contributed by atoms with Crippen LogP contribution >= 0.6 is 11.8 Å². The fourth-order valence-electron chi connectivity index (χ4n) is 3.09. The van der Waals surface area contributed by atoms with Crippen molar-refractivity contribution < 1.29 is 14.5 Å². The lowest BCUT2D eigenvalue weighted by atomic mass is 10.1. The molecule has 2 aromatic carbocycles. The number of carbonyl (C=O) groups is 2. The van der Waals surface area contributed by atoms with Crippen LogP contribution in [0.3, 0.4) is 0 Å². The number of quaternary nitrogens is 1. The molecule has 5 nitrogen and oxygen atoms in total. The number of anilines is 2. The van der Waals surface area contributed by atoms with Gasteiger partial charge in [-0.1, -0.05) is 24.3 Å². The zero-order chi connectivity index (χ0) is 18.7. The Bertz CT molecular complexity index is 807. The average molecular weight is 370 g/mol. The van der Waals surface area contributed by atoms with Crippen molar-refractivity contribution >= 4 is 35.0 Å². The Morgan fingerprint density at radius 1 is 1.23 bits per heavy atom. The van der Waals surface area contributed by atoms with E-state index in [4.69, 9.17) is 0 Å². The van der Waals surface area contributed by atoms with Crippen molar-refractivity contribution in [3.63, 3.8) is 0 Å². The number of hydrogen-bond acceptors (Lipinski definition) is 3. The summed E-state index contributed by atoms with van der Waals surface area (Å²) in [7, 11) is 2.01. The summed E-state index contributed by atoms with van der Waals surface area (Å²) in [5.41, 5.74) is 2.65. The van der Waals surface area contributed by atoms with E-state index in [9.17, 15) is 9.59 Å². The minimum Gasteiger partial charge on any atom is -0.324 e. The Morgan fingerprint density at radius 3 is 2.62 bits per heavy atom. The molecule has 0 spiro atoms. The van der Waals surface area contributed by atoms with Crippen molar-refractivity contribution in [2.45, 2.75) is 24.4 Å². The van der Waals surface area contributed by atoms with Gasteiger partial charge in [0.15, 0.2) is 6.04 Å². The summed E-state index contributed by atoms with van der Waals surface area (Å²) in [6, 6.07) is 15.6. The number of carbonyl (C=O) groups excluding carboxylic acids is 2. The predicted octanol–water partition coefficient (Wildman–Crippen LogP) is 1.80. The molecule has 2 amide bonds. The van der Waals surface area contributed by atoms with Crippen LogP contribution in [-0.2, 0) is 16.1 Å². The zero-order valence-corrected chi connectivity index (χ0v) is 16.1. The summed E-state index contributed by atoms with van der Waals surface area (Å²) in [6.45, 7) is 2.74. The van der Waals surface area contributed by atoms with Crippen LogP contribution in [0.4, 0.5) is 11.4 Å². The Morgan fingerprint density at radius 2 is 1.92 bits per heavy atom. The van der Waals surface area contributed by atoms with Crippen LogP contribution in [0.2, 0.25) is 0 Å². The van der Waals surface area contributed by atoms with Gasteiger partial charge in [-0.15, -0.1) is 11.8 Å². The first kappa shape index (κ1) is 18.5. The number of hydrogen-bond donors (Lipinski definition) is 2. The van der Waals surface area contributed by atoms with E-state index in [0.717, 1.165) is 17.1 Å². The van der Waals surface area contributed by atoms with Crippen LogP contribution in [0.1, 0.15) is 12.5 Å². The summed E-state index contributed by atoms with van der Waals surface area (Å²) in [5.74, 6) is -0.194. The molecule has 0 aromatic heterocycles. The molecule has 0 bridgehead atoms. The molecule has 0 saturated carbocycles. The fraction of sp³-hybridized carbons (Fsp3) is 0.300. The highest BCUT2D eigenvalue weighted by Crippen LogP contribution is 2.29. The van der Waals surface area contributed by atoms with Gasteiger partial charge in [0.05, 0.1) is 18.4 Å². The van der Waals surface area contributed by atoms with Crippen molar-refractivity contribution in [2.75, 3.05) is 30.1 Å². The van der Waals surface area contributed by atoms with Gasteiger partial charge in [0, 0.05) is 10.5 Å². The summed E-state index contributed by atoms with van der Waals surface area (Å²) < 4.78 is 0. The molecular weight excluding hydrogens is 346 g/mol. The second-order valence-electron chi connectivity index (χ2n) is 6.58. The van der Waals surface area contributed by atoms with E-state index in [2.05, 4.69) is 35.8 Å². The minimum absolute atomic E-state index is 0.0365. The van der Waals surface area contributed by atoms with Gasteiger partial charge in [0.2, 0.25) is 5.91 Å². The monoisotopic (exact) mass is 370 g/mol. The van der Waals surface area contributed by atoms with Crippen LogP contribution in [-0.4, -0.2) is 37.7 Å². The normalized spacial score (nSPS) is 15.8. The quantitative estimate of drug-likeness (QED) is 0.789. The molecule has 1 unspecified atom stereocenters. The van der Waals surface area contributed by atoms with E-state index in [1.807, 2.05) is 38.2 Å². The van der Waals surface area contributed by atoms with Gasteiger partial charge in [-0.2, -0.15) is 0 Å². The van der Waals surface area contributed by atoms with Gasteiger partial charge >= 0.3 is 0 Å². The summed E-state index contributed by atoms with van der Waals surface area (Å²) in [4.78, 5) is 28.9. The van der Waals surface area contributed by atoms with Gasteiger partial charge in [-0.3, -0.25) is 14.5 Å². The smallest absolute Gasteiger partial charge is 0.285 e. The van der Waals surface area contributed by atoms with Gasteiger partial charge in [0.1, 0.15) is 13.1 Å². The third kappa shape index (κ3) is 3.92. The standard InChI is InChI=1S/C20H23N3O2S/c1-14(22(2)12-15-8-10-16(26-3)11-9-15)20(25)23-13-19(24)21-17-6-4-5-7-18(17)23/h4-11,14H,12-13H2,1-3H3,(H,21,24)/p+1/t14-/m0/s1. The molecule has 6 heteroatoms. The second-order valence-corrected chi connectivity index (χ2v) is 7.46. The van der Waals surface area contributed by atoms with Gasteiger partial charge < -0.3 is 10.2 Å². The maximum atomic E-state index is 13.1. The second kappa shape index (κ2) is 7.93. The Hall–Kier alpha value is -2.31. The molecule has 136 valence electrons. The number of fused-ring (bicyclic) bond motifs is 1. The van der Waals surface area contributed by atoms with Crippen molar-refractivity contribution in [1.29, 1.82) is 0 Å². The molecule has 2 aromatic rings. The summed E-state index contributed by atoms with van der Waals surface area (Å²) in [6.07, 6.45) is 2.06. The molecule has 0 fully saturated rings. The third-order valence-electron chi connectivity index (χ3n) is 4.79. The number of thioether (sulfide) groups is 1. The summed E-state index contributed by atoms with van der Waals surface area (Å²) >= 11 is 1.71. The molecule has 1 heterocycles. The molecule has 0 radical (unpaired) electrons. The molecule has 2 N–H and O–H groups in total. The molecule has 0 aliphatic carbocycles. The first-order valence-corrected chi connectivity index (χ1v) is 9.87. The molecular formula is C20H24N3O2S+. The highest BCUT2D eigenvalue weighted by molar-refractivity contribution is 7.98. The molecule has 2 atom stereocenters. The number of likely N-dealkylation sites (N-methyl/N-ethyl adjacent to an activating group) is 1. The van der Waals surface area contributed by atoms with E-state index in [1.54, 1.807) is 16.7 Å². The molecule has 3 rings (SSSR count). The molecule has 1 aliphatic heterocycles. The molecule has 1 aliphatic rings. The lowest BCUT2D eigenvalue weighted by Gasteiger charge is -2.32. The van der Waals surface area contributed by atoms with Crippen LogP contribution in [0.25, 0.3) is 0 Å². The lowest BCUT2D eigenvalue weighted by Crippen LogP contribution is -3.12. The van der Waals surface area contributed by atoms with Crippen molar-refractivity contribution in [3.8, 4) is 0 Å². The van der Waals surface area contributed by atoms with E-state index >= 15 is 0 Å². The molecule has 26 heavy (non-hydrogen) atoms. The molecule has 0 saturated heterocycles. The van der Waals surface area contributed by atoms with Crippen molar-refractivity contribution in [2.24, 2.45) is 0 Å². The van der Waals surface area contributed by atoms with E-state index < -0.39 is 0 Å². The van der Waals surface area contributed by atoms with E-state index in [1.165, 1.54) is 10.5 Å². The van der Waals surface area contributed by atoms with E-state index in [-0.39, 0.29) is 24.4 Å². The maximum absolute atomic E-state index is 13.1. The Balaban J connectivity index is 1.73. The number of benzene rings is 2. The van der Waals surface area contributed by atoms with Gasteiger partial charge in [-0.05, 0) is 37.4 Å². The van der Waals surface area contributed by atoms with Crippen molar-refractivity contribution in [1.82, 2.24) is 0 Å². The third-order valence-corrected chi connectivity index (χ3v) is 5.53. The maximum Gasteiger partial charge on any atom is 0.285 e. The number of nitrogens with one attached hydrogen (secondary N) is 2. The highest BCUT2D eigenvalue weighted by atomic mass is 32.2. The highest BCUT2D eigenvalue weighted by Gasteiger charge is 2.33. The van der Waals surface area contributed by atoms with Crippen LogP contribution in [0.15, 0.2) is 53.4 Å². The number of para-hydroxylation sites is 2. The van der Waals surface area contributed by atoms with Crippen molar-refractivity contribution in [3.05, 3.63) is 54.1 Å². The fourth-order valence-corrected chi connectivity index (χ4v) is 3.50. The van der Waals surface area contributed by atoms with Gasteiger partial charge in [-0.25, -0.2) is 0 Å². The zero-order valence-electron chi connectivity index (χ0n) is 15.3. The Kier molecular flexibility index (Phi) is 5.64. The van der Waals surface area contributed by atoms with Crippen LogP contribution in [0.5, 0.6) is 0 Å². The Labute approximate surface area is 158 Å². The van der Waals surface area contributed by atoms with Gasteiger partial charge in [0.25, 0.3) is 5.91 Å². The average Bonchev–Trinajstić information content (AvgIpc) is 2.66. The topological polar surface area (TPSA) is 53.9 Å². The predicted molar refractivity (Wildman–Crippen MR) is 106 cm³/mol. The SMILES string of the molecule is CSc1ccc(C[NH+](C)[C@@H](C)C(=O)N2CC(=O)Nc3ccccc32)cc1. The first-order chi connectivity index (χ1) is 12.5. The van der Waals surface area contributed by atoms with Crippen LogP contribution in [0, 0.1) is 0 Å². The lowest BCUT2D eigenvalue weighted by molar-refractivity contribution is -0.908.